The summed E-state index contributed by atoms with van der Waals surface area (Å²) in [5.74, 6) is 0.698. The molecule has 2 aromatic rings. The molecule has 0 aromatic heterocycles. The smallest absolute Gasteiger partial charge is 0.232 e. The Bertz CT molecular complexity index is 733. The summed E-state index contributed by atoms with van der Waals surface area (Å²) < 4.78 is 32.7. The molecule has 0 aliphatic carbocycles. The van der Waals surface area contributed by atoms with Gasteiger partial charge in [-0.15, -0.1) is 0 Å². The van der Waals surface area contributed by atoms with Crippen LogP contribution in [-0.4, -0.2) is 27.8 Å². The molecule has 0 heterocycles. The molecule has 0 bridgehead atoms. The van der Waals surface area contributed by atoms with Crippen molar-refractivity contribution >= 4 is 47.6 Å². The van der Waals surface area contributed by atoms with Crippen molar-refractivity contribution in [3.05, 3.63) is 57.5 Å². The first-order chi connectivity index (χ1) is 10.4. The molecule has 0 fully saturated rings. The summed E-state index contributed by atoms with van der Waals surface area (Å²) in [6, 6.07) is 14.6. The van der Waals surface area contributed by atoms with E-state index >= 15 is 0 Å². The zero-order valence-corrected chi connectivity index (χ0v) is 15.9. The zero-order chi connectivity index (χ0) is 16.2. The fraction of sp³-hybridized carbons (Fsp3) is 0.200. The molecule has 22 heavy (non-hydrogen) atoms. The number of sulfonamides is 1. The van der Waals surface area contributed by atoms with Gasteiger partial charge >= 0.3 is 0 Å². The number of hydrogen-bond donors (Lipinski definition) is 0. The fourth-order valence-corrected chi connectivity index (χ4v) is 3.70. The van der Waals surface area contributed by atoms with Gasteiger partial charge in [-0.25, -0.2) is 8.42 Å². The lowest BCUT2D eigenvalue weighted by molar-refractivity contribution is 0.328. The highest BCUT2D eigenvalue weighted by molar-refractivity contribution is 9.10. The van der Waals surface area contributed by atoms with Crippen LogP contribution in [0.15, 0.2) is 57.5 Å². The lowest BCUT2D eigenvalue weighted by Gasteiger charge is -2.23. The first-order valence-electron chi connectivity index (χ1n) is 6.48. The van der Waals surface area contributed by atoms with E-state index in [1.54, 1.807) is 12.1 Å². The van der Waals surface area contributed by atoms with Gasteiger partial charge in [0.05, 0.1) is 18.5 Å². The SMILES string of the molecule is CS(=O)(=O)N(CCOc1ccc(Br)cc1)c1ccccc1Br. The Morgan fingerprint density at radius 2 is 1.68 bits per heavy atom. The number of ether oxygens (including phenoxy) is 1. The van der Waals surface area contributed by atoms with Gasteiger partial charge in [-0.1, -0.05) is 28.1 Å². The Labute approximate surface area is 147 Å². The summed E-state index contributed by atoms with van der Waals surface area (Å²) in [5.41, 5.74) is 0.601. The molecule has 0 spiro atoms. The molecule has 0 amide bonds. The van der Waals surface area contributed by atoms with E-state index in [1.165, 1.54) is 10.6 Å². The standard InChI is InChI=1S/C15H15Br2NO3S/c1-22(19,20)18(15-5-3-2-4-14(15)17)10-11-21-13-8-6-12(16)7-9-13/h2-9H,10-11H2,1H3. The monoisotopic (exact) mass is 447 g/mol. The van der Waals surface area contributed by atoms with Gasteiger partial charge in [-0.3, -0.25) is 4.31 Å². The van der Waals surface area contributed by atoms with Crippen molar-refractivity contribution in [3.8, 4) is 5.75 Å². The average molecular weight is 449 g/mol. The topological polar surface area (TPSA) is 46.6 Å². The molecule has 118 valence electrons. The minimum atomic E-state index is -3.39. The maximum Gasteiger partial charge on any atom is 0.232 e. The Morgan fingerprint density at radius 1 is 1.05 bits per heavy atom. The van der Waals surface area contributed by atoms with Crippen LogP contribution in [0.1, 0.15) is 0 Å². The van der Waals surface area contributed by atoms with Crippen LogP contribution in [0.25, 0.3) is 0 Å². The van der Waals surface area contributed by atoms with Crippen molar-refractivity contribution in [3.63, 3.8) is 0 Å². The lowest BCUT2D eigenvalue weighted by Crippen LogP contribution is -2.34. The maximum absolute atomic E-state index is 12.0. The van der Waals surface area contributed by atoms with Crippen molar-refractivity contribution < 1.29 is 13.2 Å². The molecule has 0 aliphatic rings. The predicted molar refractivity (Wildman–Crippen MR) is 96.0 cm³/mol. The number of anilines is 1. The first kappa shape index (κ1) is 17.3. The summed E-state index contributed by atoms with van der Waals surface area (Å²) in [6.07, 6.45) is 1.19. The molecule has 2 rings (SSSR count). The van der Waals surface area contributed by atoms with Crippen molar-refractivity contribution in [1.82, 2.24) is 0 Å². The van der Waals surface area contributed by atoms with Crippen LogP contribution >= 0.6 is 31.9 Å². The Morgan fingerprint density at radius 3 is 2.27 bits per heavy atom. The highest BCUT2D eigenvalue weighted by atomic mass is 79.9. The zero-order valence-electron chi connectivity index (χ0n) is 11.9. The van der Waals surface area contributed by atoms with Gasteiger partial charge in [-0.2, -0.15) is 0 Å². The van der Waals surface area contributed by atoms with E-state index in [4.69, 9.17) is 4.74 Å². The fourth-order valence-electron chi connectivity index (χ4n) is 1.90. The lowest BCUT2D eigenvalue weighted by atomic mass is 10.3. The highest BCUT2D eigenvalue weighted by Gasteiger charge is 2.19. The highest BCUT2D eigenvalue weighted by Crippen LogP contribution is 2.27. The van der Waals surface area contributed by atoms with Crippen LogP contribution in [0.5, 0.6) is 5.75 Å². The molecular formula is C15H15Br2NO3S. The van der Waals surface area contributed by atoms with Crippen LogP contribution < -0.4 is 9.04 Å². The summed E-state index contributed by atoms with van der Waals surface area (Å²) in [7, 11) is -3.39. The molecule has 7 heteroatoms. The van der Waals surface area contributed by atoms with Gasteiger partial charge in [0, 0.05) is 8.95 Å². The Balaban J connectivity index is 2.09. The third-order valence-corrected chi connectivity index (χ3v) is 5.28. The molecule has 0 N–H and O–H groups in total. The van der Waals surface area contributed by atoms with E-state index < -0.39 is 10.0 Å². The number of benzene rings is 2. The van der Waals surface area contributed by atoms with Crippen LogP contribution in [0.4, 0.5) is 5.69 Å². The molecular weight excluding hydrogens is 434 g/mol. The van der Waals surface area contributed by atoms with E-state index in [-0.39, 0.29) is 13.2 Å². The first-order valence-corrected chi connectivity index (χ1v) is 9.92. The molecule has 0 radical (unpaired) electrons. The van der Waals surface area contributed by atoms with Crippen molar-refractivity contribution in [2.24, 2.45) is 0 Å². The van der Waals surface area contributed by atoms with E-state index in [0.717, 1.165) is 8.95 Å². The molecule has 4 nitrogen and oxygen atoms in total. The second-order valence-electron chi connectivity index (χ2n) is 4.59. The normalized spacial score (nSPS) is 11.2. The van der Waals surface area contributed by atoms with Gasteiger partial charge in [0.15, 0.2) is 0 Å². The minimum Gasteiger partial charge on any atom is -0.492 e. The van der Waals surface area contributed by atoms with E-state index in [9.17, 15) is 8.42 Å². The van der Waals surface area contributed by atoms with Gasteiger partial charge in [-0.05, 0) is 52.3 Å². The number of para-hydroxylation sites is 1. The number of rotatable bonds is 6. The molecule has 0 saturated heterocycles. The second-order valence-corrected chi connectivity index (χ2v) is 8.27. The van der Waals surface area contributed by atoms with Crippen LogP contribution in [0.2, 0.25) is 0 Å². The number of nitrogens with zero attached hydrogens (tertiary/aromatic N) is 1. The second kappa shape index (κ2) is 7.48. The molecule has 0 aliphatic heterocycles. The average Bonchev–Trinajstić information content (AvgIpc) is 2.45. The van der Waals surface area contributed by atoms with Gasteiger partial charge in [0.1, 0.15) is 12.4 Å². The molecule has 0 saturated carbocycles. The van der Waals surface area contributed by atoms with E-state index in [2.05, 4.69) is 31.9 Å². The quantitative estimate of drug-likeness (QED) is 0.669. The third kappa shape index (κ3) is 4.72. The van der Waals surface area contributed by atoms with Crippen molar-refractivity contribution in [1.29, 1.82) is 0 Å². The van der Waals surface area contributed by atoms with E-state index in [0.29, 0.717) is 11.4 Å². The van der Waals surface area contributed by atoms with Crippen molar-refractivity contribution in [2.75, 3.05) is 23.7 Å². The largest absolute Gasteiger partial charge is 0.492 e. The molecule has 0 unspecified atom stereocenters. The third-order valence-electron chi connectivity index (χ3n) is 2.90. The summed E-state index contributed by atoms with van der Waals surface area (Å²) in [4.78, 5) is 0. The Hall–Kier alpha value is -1.05. The summed E-state index contributed by atoms with van der Waals surface area (Å²) >= 11 is 6.74. The maximum atomic E-state index is 12.0. The predicted octanol–water partition coefficient (Wildman–Crippen LogP) is 4.06. The summed E-state index contributed by atoms with van der Waals surface area (Å²) in [6.45, 7) is 0.494. The Kier molecular flexibility index (Phi) is 5.88. The van der Waals surface area contributed by atoms with Gasteiger partial charge in [0.2, 0.25) is 10.0 Å². The van der Waals surface area contributed by atoms with Crippen LogP contribution in [0.3, 0.4) is 0 Å². The van der Waals surface area contributed by atoms with Gasteiger partial charge < -0.3 is 4.74 Å². The van der Waals surface area contributed by atoms with Crippen LogP contribution in [0, 0.1) is 0 Å². The van der Waals surface area contributed by atoms with Crippen molar-refractivity contribution in [2.45, 2.75) is 0 Å². The minimum absolute atomic E-state index is 0.234. The van der Waals surface area contributed by atoms with E-state index in [1.807, 2.05) is 36.4 Å². The van der Waals surface area contributed by atoms with Gasteiger partial charge in [0.25, 0.3) is 0 Å². The molecule has 0 atom stereocenters. The molecule has 2 aromatic carbocycles. The number of hydrogen-bond acceptors (Lipinski definition) is 3. The number of halogens is 2. The summed E-state index contributed by atoms with van der Waals surface area (Å²) in [5, 5.41) is 0. The van der Waals surface area contributed by atoms with Crippen LogP contribution in [-0.2, 0) is 10.0 Å².